The molecule has 0 fully saturated rings. The lowest BCUT2D eigenvalue weighted by Gasteiger charge is -2.11. The number of fused-ring (bicyclic) bond motifs is 1. The van der Waals surface area contributed by atoms with Gasteiger partial charge in [0.25, 0.3) is 0 Å². The number of ether oxygens (including phenoxy) is 2. The van der Waals surface area contributed by atoms with E-state index in [1.807, 2.05) is 13.0 Å². The first-order chi connectivity index (χ1) is 9.91. The van der Waals surface area contributed by atoms with Gasteiger partial charge in [0, 0.05) is 43.5 Å². The van der Waals surface area contributed by atoms with Gasteiger partial charge in [-0.15, -0.1) is 0 Å². The van der Waals surface area contributed by atoms with Crippen molar-refractivity contribution < 1.29 is 17.9 Å². The Hall–Kier alpha value is -1.66. The van der Waals surface area contributed by atoms with Gasteiger partial charge in [-0.25, -0.2) is 8.42 Å². The molecule has 0 saturated heterocycles. The normalized spacial score (nSPS) is 11.8. The summed E-state index contributed by atoms with van der Waals surface area (Å²) in [6, 6.07) is 6.71. The maximum Gasteiger partial charge on any atom is 0.175 e. The van der Waals surface area contributed by atoms with Crippen molar-refractivity contribution in [1.82, 2.24) is 4.98 Å². The van der Waals surface area contributed by atoms with Crippen LogP contribution >= 0.6 is 0 Å². The van der Waals surface area contributed by atoms with Gasteiger partial charge in [-0.3, -0.25) is 4.98 Å². The molecular weight excluding hydrogens is 290 g/mol. The summed E-state index contributed by atoms with van der Waals surface area (Å²) in [6.07, 6.45) is 1.96. The highest BCUT2D eigenvalue weighted by Gasteiger charge is 2.11. The van der Waals surface area contributed by atoms with Crippen LogP contribution in [0.5, 0.6) is 5.75 Å². The number of rotatable bonds is 6. The van der Waals surface area contributed by atoms with Crippen LogP contribution in [0.3, 0.4) is 0 Å². The molecule has 0 atom stereocenters. The van der Waals surface area contributed by atoms with Crippen LogP contribution < -0.4 is 4.74 Å². The third kappa shape index (κ3) is 3.92. The number of aromatic nitrogens is 1. The smallest absolute Gasteiger partial charge is 0.175 e. The summed E-state index contributed by atoms with van der Waals surface area (Å²) < 4.78 is 34.1. The van der Waals surface area contributed by atoms with Gasteiger partial charge in [0.15, 0.2) is 9.84 Å². The Morgan fingerprint density at radius 3 is 2.62 bits per heavy atom. The summed E-state index contributed by atoms with van der Waals surface area (Å²) in [5, 5.41) is 0.709. The van der Waals surface area contributed by atoms with Gasteiger partial charge in [-0.05, 0) is 25.1 Å². The number of hydrogen-bond acceptors (Lipinski definition) is 5. The highest BCUT2D eigenvalue weighted by Crippen LogP contribution is 2.28. The number of methoxy groups -OCH3 is 1. The van der Waals surface area contributed by atoms with Crippen LogP contribution in [-0.4, -0.2) is 40.0 Å². The first-order valence-electron chi connectivity index (χ1n) is 6.65. The van der Waals surface area contributed by atoms with Gasteiger partial charge in [0.05, 0.1) is 17.0 Å². The quantitative estimate of drug-likeness (QED) is 0.766. The summed E-state index contributed by atoms with van der Waals surface area (Å²) in [5.41, 5.74) is 1.56. The Balaban J connectivity index is 2.42. The van der Waals surface area contributed by atoms with Gasteiger partial charge in [0.2, 0.25) is 0 Å². The van der Waals surface area contributed by atoms with Crippen LogP contribution in [0, 0.1) is 6.92 Å². The van der Waals surface area contributed by atoms with Crippen molar-refractivity contribution in [3.05, 3.63) is 30.0 Å². The molecule has 2 rings (SSSR count). The lowest BCUT2D eigenvalue weighted by molar-refractivity contribution is 0.172. The van der Waals surface area contributed by atoms with E-state index in [1.165, 1.54) is 6.26 Å². The fourth-order valence-corrected chi connectivity index (χ4v) is 2.68. The Morgan fingerprint density at radius 1 is 1.19 bits per heavy atom. The second-order valence-electron chi connectivity index (χ2n) is 4.91. The highest BCUT2D eigenvalue weighted by molar-refractivity contribution is 7.90. The minimum Gasteiger partial charge on any atom is -0.493 e. The van der Waals surface area contributed by atoms with E-state index in [0.29, 0.717) is 24.3 Å². The molecule has 0 aliphatic rings. The Kier molecular flexibility index (Phi) is 4.80. The number of sulfone groups is 1. The zero-order valence-corrected chi connectivity index (χ0v) is 13.2. The molecule has 5 nitrogen and oxygen atoms in total. The Morgan fingerprint density at radius 2 is 1.95 bits per heavy atom. The summed E-state index contributed by atoms with van der Waals surface area (Å²) in [5.74, 6) is 0.652. The van der Waals surface area contributed by atoms with Crippen LogP contribution in [0.15, 0.2) is 29.2 Å². The molecule has 0 spiro atoms. The first-order valence-corrected chi connectivity index (χ1v) is 8.54. The number of pyridine rings is 1. The topological polar surface area (TPSA) is 65.5 Å². The van der Waals surface area contributed by atoms with Crippen LogP contribution in [0.25, 0.3) is 10.9 Å². The molecule has 2 aromatic rings. The molecule has 0 saturated carbocycles. The monoisotopic (exact) mass is 309 g/mol. The molecule has 1 aromatic carbocycles. The lowest BCUT2D eigenvalue weighted by Crippen LogP contribution is -2.03. The molecule has 0 N–H and O–H groups in total. The first kappa shape index (κ1) is 15.7. The molecule has 0 unspecified atom stereocenters. The minimum atomic E-state index is -3.25. The molecule has 0 radical (unpaired) electrons. The van der Waals surface area contributed by atoms with Crippen molar-refractivity contribution in [2.75, 3.05) is 26.6 Å². The Bertz CT molecular complexity index is 741. The van der Waals surface area contributed by atoms with Crippen molar-refractivity contribution in [2.24, 2.45) is 0 Å². The second kappa shape index (κ2) is 6.41. The fraction of sp³-hybridized carbons (Fsp3) is 0.400. The van der Waals surface area contributed by atoms with E-state index in [1.54, 1.807) is 25.3 Å². The molecular formula is C15H19NO4S. The van der Waals surface area contributed by atoms with Crippen LogP contribution in [0.2, 0.25) is 0 Å². The maximum atomic E-state index is 11.7. The standard InChI is InChI=1S/C15H19NO4S/c1-11-9-15(20-8-4-7-19-2)13-10-12(21(3,17)18)5-6-14(13)16-11/h5-6,9-10H,4,7-8H2,1-3H3. The van der Waals surface area contributed by atoms with E-state index >= 15 is 0 Å². The predicted octanol–water partition coefficient (Wildman–Crippen LogP) is 2.36. The second-order valence-corrected chi connectivity index (χ2v) is 6.92. The molecule has 0 aliphatic carbocycles. The van der Waals surface area contributed by atoms with Crippen LogP contribution in [0.1, 0.15) is 12.1 Å². The van der Waals surface area contributed by atoms with Gasteiger partial charge >= 0.3 is 0 Å². The molecule has 0 amide bonds. The van der Waals surface area contributed by atoms with Crippen molar-refractivity contribution in [3.63, 3.8) is 0 Å². The van der Waals surface area contributed by atoms with E-state index in [2.05, 4.69) is 4.98 Å². The van der Waals surface area contributed by atoms with Crippen molar-refractivity contribution in [3.8, 4) is 5.75 Å². The molecule has 114 valence electrons. The van der Waals surface area contributed by atoms with Crippen LogP contribution in [0.4, 0.5) is 0 Å². The Labute approximate surface area is 124 Å². The van der Waals surface area contributed by atoms with Crippen molar-refractivity contribution in [2.45, 2.75) is 18.2 Å². The molecule has 0 bridgehead atoms. The number of benzene rings is 1. The molecule has 21 heavy (non-hydrogen) atoms. The average Bonchev–Trinajstić information content (AvgIpc) is 2.41. The number of hydrogen-bond donors (Lipinski definition) is 0. The molecule has 0 aliphatic heterocycles. The lowest BCUT2D eigenvalue weighted by atomic mass is 10.2. The van der Waals surface area contributed by atoms with Crippen LogP contribution in [-0.2, 0) is 14.6 Å². The van der Waals surface area contributed by atoms with Gasteiger partial charge in [-0.2, -0.15) is 0 Å². The summed E-state index contributed by atoms with van der Waals surface area (Å²) in [4.78, 5) is 4.67. The van der Waals surface area contributed by atoms with E-state index < -0.39 is 9.84 Å². The zero-order chi connectivity index (χ0) is 15.5. The predicted molar refractivity (Wildman–Crippen MR) is 81.6 cm³/mol. The third-order valence-corrected chi connectivity index (χ3v) is 4.16. The van der Waals surface area contributed by atoms with E-state index in [0.717, 1.165) is 17.6 Å². The number of aryl methyl sites for hydroxylation is 1. The van der Waals surface area contributed by atoms with Crippen molar-refractivity contribution in [1.29, 1.82) is 0 Å². The van der Waals surface area contributed by atoms with E-state index in [4.69, 9.17) is 9.47 Å². The SMILES string of the molecule is COCCCOc1cc(C)nc2ccc(S(C)(=O)=O)cc12. The highest BCUT2D eigenvalue weighted by atomic mass is 32.2. The molecule has 1 heterocycles. The molecule has 6 heteroatoms. The van der Waals surface area contributed by atoms with E-state index in [9.17, 15) is 8.42 Å². The van der Waals surface area contributed by atoms with Crippen molar-refractivity contribution >= 4 is 20.7 Å². The summed E-state index contributed by atoms with van der Waals surface area (Å²) in [6.45, 7) is 3.01. The van der Waals surface area contributed by atoms with Gasteiger partial charge in [0.1, 0.15) is 5.75 Å². The zero-order valence-electron chi connectivity index (χ0n) is 12.4. The minimum absolute atomic E-state index is 0.266. The summed E-state index contributed by atoms with van der Waals surface area (Å²) >= 11 is 0. The number of nitrogens with zero attached hydrogens (tertiary/aromatic N) is 1. The van der Waals surface area contributed by atoms with E-state index in [-0.39, 0.29) is 4.90 Å². The maximum absolute atomic E-state index is 11.7. The molecule has 1 aromatic heterocycles. The average molecular weight is 309 g/mol. The summed E-state index contributed by atoms with van der Waals surface area (Å²) in [7, 11) is -1.61. The van der Waals surface area contributed by atoms with Gasteiger partial charge < -0.3 is 9.47 Å². The third-order valence-electron chi connectivity index (χ3n) is 3.05. The van der Waals surface area contributed by atoms with Gasteiger partial charge in [-0.1, -0.05) is 0 Å². The fourth-order valence-electron chi connectivity index (χ4n) is 2.04. The largest absolute Gasteiger partial charge is 0.493 e.